The van der Waals surface area contributed by atoms with Crippen LogP contribution in [-0.4, -0.2) is 8.42 Å². The average molecular weight is 345 g/mol. The van der Waals surface area contributed by atoms with E-state index >= 15 is 0 Å². The Morgan fingerprint density at radius 2 is 1.71 bits per heavy atom. The molecule has 2 aromatic rings. The SMILES string of the molecule is Cc1ccc(Cl)c(NS(=O)(=O)Cc2ccc(N)cc2)c1Cl. The highest BCUT2D eigenvalue weighted by molar-refractivity contribution is 7.91. The minimum absolute atomic E-state index is 0.187. The molecule has 0 fully saturated rings. The van der Waals surface area contributed by atoms with Gasteiger partial charge in [0.1, 0.15) is 0 Å². The topological polar surface area (TPSA) is 72.2 Å². The van der Waals surface area contributed by atoms with Crippen molar-refractivity contribution in [3.63, 3.8) is 0 Å². The van der Waals surface area contributed by atoms with Crippen molar-refractivity contribution < 1.29 is 8.42 Å². The zero-order chi connectivity index (χ0) is 15.6. The van der Waals surface area contributed by atoms with E-state index < -0.39 is 10.0 Å². The molecule has 0 aliphatic rings. The molecule has 0 amide bonds. The third kappa shape index (κ3) is 4.03. The van der Waals surface area contributed by atoms with Crippen LogP contribution in [0.2, 0.25) is 10.0 Å². The smallest absolute Gasteiger partial charge is 0.237 e. The van der Waals surface area contributed by atoms with Crippen LogP contribution in [-0.2, 0) is 15.8 Å². The van der Waals surface area contributed by atoms with Gasteiger partial charge in [0.2, 0.25) is 10.0 Å². The van der Waals surface area contributed by atoms with Crippen LogP contribution in [0.4, 0.5) is 11.4 Å². The molecule has 0 saturated heterocycles. The van der Waals surface area contributed by atoms with E-state index in [9.17, 15) is 8.42 Å². The highest BCUT2D eigenvalue weighted by atomic mass is 35.5. The first-order valence-corrected chi connectivity index (χ1v) is 8.49. The van der Waals surface area contributed by atoms with Gasteiger partial charge in [0.05, 0.1) is 21.5 Å². The second-order valence-corrected chi connectivity index (χ2v) is 7.16. The van der Waals surface area contributed by atoms with Crippen molar-refractivity contribution in [2.75, 3.05) is 10.5 Å². The number of sulfonamides is 1. The first-order valence-electron chi connectivity index (χ1n) is 6.08. The third-order valence-electron chi connectivity index (χ3n) is 2.88. The first-order chi connectivity index (χ1) is 9.78. The van der Waals surface area contributed by atoms with Gasteiger partial charge >= 0.3 is 0 Å². The Labute approximate surface area is 133 Å². The Bertz CT molecular complexity index is 759. The zero-order valence-electron chi connectivity index (χ0n) is 11.2. The summed E-state index contributed by atoms with van der Waals surface area (Å²) in [4.78, 5) is 0. The minimum Gasteiger partial charge on any atom is -0.399 e. The number of nitrogens with one attached hydrogen (secondary N) is 1. The lowest BCUT2D eigenvalue weighted by molar-refractivity contribution is 0.600. The normalized spacial score (nSPS) is 11.4. The molecule has 0 saturated carbocycles. The predicted molar refractivity (Wildman–Crippen MR) is 88.3 cm³/mol. The number of hydrogen-bond acceptors (Lipinski definition) is 3. The molecule has 0 bridgehead atoms. The molecule has 0 aromatic heterocycles. The highest BCUT2D eigenvalue weighted by Crippen LogP contribution is 2.33. The van der Waals surface area contributed by atoms with E-state index in [1.807, 2.05) is 0 Å². The maximum atomic E-state index is 12.2. The Kier molecular flexibility index (Phi) is 4.66. The molecule has 0 heterocycles. The van der Waals surface area contributed by atoms with Gasteiger partial charge in [-0.25, -0.2) is 8.42 Å². The molecule has 0 aliphatic heterocycles. The summed E-state index contributed by atoms with van der Waals surface area (Å²) in [7, 11) is -3.62. The van der Waals surface area contributed by atoms with Gasteiger partial charge in [-0.2, -0.15) is 0 Å². The Balaban J connectivity index is 2.26. The molecular weight excluding hydrogens is 331 g/mol. The van der Waals surface area contributed by atoms with Gasteiger partial charge in [0, 0.05) is 5.69 Å². The van der Waals surface area contributed by atoms with Gasteiger partial charge < -0.3 is 5.73 Å². The van der Waals surface area contributed by atoms with Crippen molar-refractivity contribution >= 4 is 44.6 Å². The second kappa shape index (κ2) is 6.13. The molecule has 112 valence electrons. The van der Waals surface area contributed by atoms with E-state index in [4.69, 9.17) is 28.9 Å². The third-order valence-corrected chi connectivity index (χ3v) is 4.91. The van der Waals surface area contributed by atoms with Crippen molar-refractivity contribution in [1.29, 1.82) is 0 Å². The second-order valence-electron chi connectivity index (χ2n) is 4.66. The summed E-state index contributed by atoms with van der Waals surface area (Å²) in [6.07, 6.45) is 0. The van der Waals surface area contributed by atoms with Crippen molar-refractivity contribution in [3.05, 3.63) is 57.6 Å². The summed E-state index contributed by atoms with van der Waals surface area (Å²) in [6.45, 7) is 1.77. The van der Waals surface area contributed by atoms with Crippen LogP contribution < -0.4 is 10.5 Å². The quantitative estimate of drug-likeness (QED) is 0.828. The van der Waals surface area contributed by atoms with E-state index in [1.54, 1.807) is 43.3 Å². The molecule has 7 heteroatoms. The van der Waals surface area contributed by atoms with Crippen LogP contribution in [0.3, 0.4) is 0 Å². The summed E-state index contributed by atoms with van der Waals surface area (Å²) in [6, 6.07) is 9.95. The Hall–Kier alpha value is -1.43. The molecule has 4 nitrogen and oxygen atoms in total. The Morgan fingerprint density at radius 3 is 2.33 bits per heavy atom. The van der Waals surface area contributed by atoms with E-state index in [2.05, 4.69) is 4.72 Å². The minimum atomic E-state index is -3.62. The van der Waals surface area contributed by atoms with Crippen molar-refractivity contribution in [2.24, 2.45) is 0 Å². The van der Waals surface area contributed by atoms with E-state index in [1.165, 1.54) is 0 Å². The summed E-state index contributed by atoms with van der Waals surface area (Å²) < 4.78 is 26.9. The predicted octanol–water partition coefficient (Wildman–Crippen LogP) is 3.83. The molecule has 0 aliphatic carbocycles. The number of aryl methyl sites for hydroxylation is 1. The van der Waals surface area contributed by atoms with Gasteiger partial charge in [0.25, 0.3) is 0 Å². The van der Waals surface area contributed by atoms with Crippen LogP contribution in [0, 0.1) is 6.92 Å². The van der Waals surface area contributed by atoms with Gasteiger partial charge in [0.15, 0.2) is 0 Å². The number of nitrogens with two attached hydrogens (primary N) is 1. The highest BCUT2D eigenvalue weighted by Gasteiger charge is 2.17. The largest absolute Gasteiger partial charge is 0.399 e. The van der Waals surface area contributed by atoms with Crippen LogP contribution >= 0.6 is 23.2 Å². The molecule has 2 rings (SSSR count). The van der Waals surface area contributed by atoms with Gasteiger partial charge in [-0.3, -0.25) is 4.72 Å². The van der Waals surface area contributed by atoms with Crippen LogP contribution in [0.15, 0.2) is 36.4 Å². The number of anilines is 2. The molecular formula is C14H14Cl2N2O2S. The summed E-state index contributed by atoms with van der Waals surface area (Å²) in [5.74, 6) is -0.187. The average Bonchev–Trinajstić information content (AvgIpc) is 2.42. The molecule has 3 N–H and O–H groups in total. The standard InChI is InChI=1S/C14H14Cl2N2O2S/c1-9-2-7-12(15)14(13(9)16)18-21(19,20)8-10-3-5-11(17)6-4-10/h2-7,18H,8,17H2,1H3. The molecule has 21 heavy (non-hydrogen) atoms. The van der Waals surface area contributed by atoms with Gasteiger partial charge in [-0.1, -0.05) is 41.4 Å². The lowest BCUT2D eigenvalue weighted by Crippen LogP contribution is -2.16. The van der Waals surface area contributed by atoms with E-state index in [0.29, 0.717) is 16.3 Å². The molecule has 0 radical (unpaired) electrons. The molecule has 0 spiro atoms. The van der Waals surface area contributed by atoms with Crippen molar-refractivity contribution in [3.8, 4) is 0 Å². The monoisotopic (exact) mass is 344 g/mol. The van der Waals surface area contributed by atoms with Crippen molar-refractivity contribution in [1.82, 2.24) is 0 Å². The van der Waals surface area contributed by atoms with E-state index in [0.717, 1.165) is 5.56 Å². The van der Waals surface area contributed by atoms with Gasteiger partial charge in [-0.15, -0.1) is 0 Å². The summed E-state index contributed by atoms with van der Waals surface area (Å²) in [5, 5.41) is 0.551. The fourth-order valence-corrected chi connectivity index (χ4v) is 3.58. The number of halogens is 2. The number of nitrogen functional groups attached to an aromatic ring is 1. The van der Waals surface area contributed by atoms with Crippen LogP contribution in [0.5, 0.6) is 0 Å². The van der Waals surface area contributed by atoms with Crippen molar-refractivity contribution in [2.45, 2.75) is 12.7 Å². The van der Waals surface area contributed by atoms with Crippen LogP contribution in [0.1, 0.15) is 11.1 Å². The molecule has 0 unspecified atom stereocenters. The summed E-state index contributed by atoms with van der Waals surface area (Å²) >= 11 is 12.1. The fourth-order valence-electron chi connectivity index (χ4n) is 1.78. The fraction of sp³-hybridized carbons (Fsp3) is 0.143. The number of benzene rings is 2. The number of hydrogen-bond donors (Lipinski definition) is 2. The first kappa shape index (κ1) is 15.9. The Morgan fingerprint density at radius 1 is 1.10 bits per heavy atom. The lowest BCUT2D eigenvalue weighted by Gasteiger charge is -2.13. The number of rotatable bonds is 4. The molecule has 0 atom stereocenters. The van der Waals surface area contributed by atoms with Crippen LogP contribution in [0.25, 0.3) is 0 Å². The van der Waals surface area contributed by atoms with Gasteiger partial charge in [-0.05, 0) is 36.2 Å². The maximum absolute atomic E-state index is 12.2. The zero-order valence-corrected chi connectivity index (χ0v) is 13.6. The molecule has 2 aromatic carbocycles. The lowest BCUT2D eigenvalue weighted by atomic mass is 10.2. The maximum Gasteiger partial charge on any atom is 0.237 e. The summed E-state index contributed by atoms with van der Waals surface area (Å²) in [5.41, 5.74) is 7.71. The van der Waals surface area contributed by atoms with E-state index in [-0.39, 0.29) is 16.5 Å².